The smallest absolute Gasteiger partial charge is 0.161 e. The van der Waals surface area contributed by atoms with Crippen LogP contribution in [0.25, 0.3) is 11.3 Å². The van der Waals surface area contributed by atoms with E-state index in [1.165, 1.54) is 44.5 Å². The number of likely N-dealkylation sites (tertiary alicyclic amines) is 1. The molecule has 2 heterocycles. The SMILES string of the molecule is C.CCCC(Nc1cncc(-c2ccc(OCCCCN3CCCCC3)c(OC)c2)n1)c1ccccc1. The quantitative estimate of drug-likeness (QED) is 0.245. The maximum atomic E-state index is 6.07. The summed E-state index contributed by atoms with van der Waals surface area (Å²) in [5, 5.41) is 3.58. The van der Waals surface area contributed by atoms with E-state index in [9.17, 15) is 0 Å². The van der Waals surface area contributed by atoms with E-state index in [1.807, 2.05) is 24.3 Å². The minimum absolute atomic E-state index is 0. The van der Waals surface area contributed by atoms with Gasteiger partial charge in [-0.05, 0) is 75.5 Å². The highest BCUT2D eigenvalue weighted by Gasteiger charge is 2.14. The summed E-state index contributed by atoms with van der Waals surface area (Å²) in [4.78, 5) is 11.9. The highest BCUT2D eigenvalue weighted by molar-refractivity contribution is 5.64. The van der Waals surface area contributed by atoms with Gasteiger partial charge in [0.05, 0.1) is 37.8 Å². The number of aromatic nitrogens is 2. The first-order chi connectivity index (χ1) is 17.8. The largest absolute Gasteiger partial charge is 0.493 e. The number of benzene rings is 2. The molecule has 0 spiro atoms. The molecule has 1 fully saturated rings. The maximum absolute atomic E-state index is 6.07. The standard InChI is InChI=1S/C30H40N4O2.CH4/c1-3-12-26(24-13-6-4-7-14-24)32-30-23-31-22-27(33-30)25-15-16-28(29(21-25)35-2)36-20-11-10-19-34-17-8-5-9-18-34;/h4,6-7,13-16,21-23,26H,3,5,8-12,17-20H2,1-2H3,(H,32,33);1H4. The molecule has 1 saturated heterocycles. The lowest BCUT2D eigenvalue weighted by Gasteiger charge is -2.26. The zero-order valence-electron chi connectivity index (χ0n) is 21.8. The molecule has 37 heavy (non-hydrogen) atoms. The summed E-state index contributed by atoms with van der Waals surface area (Å²) in [6.07, 6.45) is 12.0. The number of piperidine rings is 1. The fourth-order valence-corrected chi connectivity index (χ4v) is 4.80. The Morgan fingerprint density at radius 1 is 0.973 bits per heavy atom. The fourth-order valence-electron chi connectivity index (χ4n) is 4.80. The first kappa shape index (κ1) is 28.5. The summed E-state index contributed by atoms with van der Waals surface area (Å²) in [5.41, 5.74) is 3.01. The number of rotatable bonds is 13. The van der Waals surface area contributed by atoms with Gasteiger partial charge in [0, 0.05) is 5.56 Å². The number of nitrogens with one attached hydrogen (secondary N) is 1. The number of unbranched alkanes of at least 4 members (excludes halogenated alkanes) is 1. The van der Waals surface area contributed by atoms with Crippen LogP contribution in [-0.4, -0.2) is 48.2 Å². The van der Waals surface area contributed by atoms with Crippen molar-refractivity contribution in [3.63, 3.8) is 0 Å². The highest BCUT2D eigenvalue weighted by atomic mass is 16.5. The van der Waals surface area contributed by atoms with E-state index < -0.39 is 0 Å². The van der Waals surface area contributed by atoms with Crippen LogP contribution in [0.2, 0.25) is 0 Å². The molecule has 1 N–H and O–H groups in total. The second kappa shape index (κ2) is 15.2. The van der Waals surface area contributed by atoms with Crippen LogP contribution in [0.5, 0.6) is 11.5 Å². The summed E-state index contributed by atoms with van der Waals surface area (Å²) in [7, 11) is 1.68. The second-order valence-corrected chi connectivity index (χ2v) is 9.51. The van der Waals surface area contributed by atoms with E-state index in [0.29, 0.717) is 6.61 Å². The lowest BCUT2D eigenvalue weighted by atomic mass is 10.0. The van der Waals surface area contributed by atoms with Gasteiger partial charge in [0.15, 0.2) is 11.5 Å². The zero-order valence-corrected chi connectivity index (χ0v) is 21.8. The molecule has 6 heteroatoms. The highest BCUT2D eigenvalue weighted by Crippen LogP contribution is 2.32. The van der Waals surface area contributed by atoms with Crippen molar-refractivity contribution in [2.45, 2.75) is 65.3 Å². The first-order valence-electron chi connectivity index (χ1n) is 13.4. The lowest BCUT2D eigenvalue weighted by molar-refractivity contribution is 0.214. The molecule has 4 rings (SSSR count). The van der Waals surface area contributed by atoms with Gasteiger partial charge in [0.25, 0.3) is 0 Å². The summed E-state index contributed by atoms with van der Waals surface area (Å²) in [6, 6.07) is 16.7. The summed E-state index contributed by atoms with van der Waals surface area (Å²) in [5.74, 6) is 2.26. The Bertz CT molecular complexity index is 1050. The molecule has 0 bridgehead atoms. The summed E-state index contributed by atoms with van der Waals surface area (Å²) in [6.45, 7) is 6.57. The van der Waals surface area contributed by atoms with Crippen molar-refractivity contribution in [3.8, 4) is 22.8 Å². The minimum atomic E-state index is 0. The van der Waals surface area contributed by atoms with E-state index in [2.05, 4.69) is 46.4 Å². The zero-order chi connectivity index (χ0) is 25.0. The van der Waals surface area contributed by atoms with E-state index in [4.69, 9.17) is 14.5 Å². The normalized spacial score (nSPS) is 14.4. The van der Waals surface area contributed by atoms with Gasteiger partial charge < -0.3 is 19.7 Å². The van der Waals surface area contributed by atoms with Crippen molar-refractivity contribution in [3.05, 3.63) is 66.5 Å². The molecule has 0 aliphatic carbocycles. The molecule has 0 radical (unpaired) electrons. The average molecular weight is 505 g/mol. The van der Waals surface area contributed by atoms with Crippen molar-refractivity contribution < 1.29 is 9.47 Å². The molecule has 1 aliphatic heterocycles. The Kier molecular flexibility index (Phi) is 11.7. The topological polar surface area (TPSA) is 59.5 Å². The van der Waals surface area contributed by atoms with Crippen LogP contribution < -0.4 is 14.8 Å². The Hall–Kier alpha value is -3.12. The summed E-state index contributed by atoms with van der Waals surface area (Å²) >= 11 is 0. The van der Waals surface area contributed by atoms with Crippen molar-refractivity contribution in [2.75, 3.05) is 38.7 Å². The molecule has 6 nitrogen and oxygen atoms in total. The fraction of sp³-hybridized carbons (Fsp3) is 0.484. The van der Waals surface area contributed by atoms with E-state index in [-0.39, 0.29) is 13.5 Å². The van der Waals surface area contributed by atoms with Crippen LogP contribution >= 0.6 is 0 Å². The molecular weight excluding hydrogens is 460 g/mol. The van der Waals surface area contributed by atoms with Crippen molar-refractivity contribution >= 4 is 5.82 Å². The van der Waals surface area contributed by atoms with Gasteiger partial charge in [-0.3, -0.25) is 4.98 Å². The molecule has 0 saturated carbocycles. The summed E-state index contributed by atoms with van der Waals surface area (Å²) < 4.78 is 11.7. The van der Waals surface area contributed by atoms with E-state index >= 15 is 0 Å². The van der Waals surface area contributed by atoms with Crippen LogP contribution in [0.1, 0.15) is 70.9 Å². The number of anilines is 1. The Balaban J connectivity index is 0.00000380. The molecule has 2 aromatic carbocycles. The minimum Gasteiger partial charge on any atom is -0.493 e. The molecular formula is C31H44N4O2. The third kappa shape index (κ3) is 8.46. The molecule has 3 aromatic rings. The van der Waals surface area contributed by atoms with Gasteiger partial charge in [-0.1, -0.05) is 57.5 Å². The number of hydrogen-bond acceptors (Lipinski definition) is 6. The predicted molar refractivity (Wildman–Crippen MR) is 153 cm³/mol. The van der Waals surface area contributed by atoms with Gasteiger partial charge in [-0.25, -0.2) is 4.98 Å². The molecule has 1 aliphatic rings. The third-order valence-electron chi connectivity index (χ3n) is 6.77. The average Bonchev–Trinajstić information content (AvgIpc) is 2.94. The number of methoxy groups -OCH3 is 1. The lowest BCUT2D eigenvalue weighted by Crippen LogP contribution is -2.30. The molecule has 0 amide bonds. The first-order valence-corrected chi connectivity index (χ1v) is 13.4. The number of nitrogens with zero attached hydrogens (tertiary/aromatic N) is 3. The number of ether oxygens (including phenoxy) is 2. The van der Waals surface area contributed by atoms with E-state index in [1.54, 1.807) is 19.5 Å². The van der Waals surface area contributed by atoms with Crippen molar-refractivity contribution in [1.29, 1.82) is 0 Å². The van der Waals surface area contributed by atoms with Gasteiger partial charge in [-0.15, -0.1) is 0 Å². The Morgan fingerprint density at radius 3 is 2.54 bits per heavy atom. The Labute approximate surface area is 223 Å². The van der Waals surface area contributed by atoms with E-state index in [0.717, 1.165) is 54.3 Å². The molecule has 200 valence electrons. The number of hydrogen-bond donors (Lipinski definition) is 1. The van der Waals surface area contributed by atoms with Crippen LogP contribution in [0.15, 0.2) is 60.9 Å². The maximum Gasteiger partial charge on any atom is 0.161 e. The van der Waals surface area contributed by atoms with Crippen LogP contribution in [-0.2, 0) is 0 Å². The van der Waals surface area contributed by atoms with Crippen LogP contribution in [0.4, 0.5) is 5.82 Å². The third-order valence-corrected chi connectivity index (χ3v) is 6.77. The van der Waals surface area contributed by atoms with Crippen molar-refractivity contribution in [2.24, 2.45) is 0 Å². The van der Waals surface area contributed by atoms with Crippen LogP contribution in [0.3, 0.4) is 0 Å². The van der Waals surface area contributed by atoms with Gasteiger partial charge >= 0.3 is 0 Å². The monoisotopic (exact) mass is 504 g/mol. The van der Waals surface area contributed by atoms with Gasteiger partial charge in [0.1, 0.15) is 5.82 Å². The molecule has 1 unspecified atom stereocenters. The van der Waals surface area contributed by atoms with Gasteiger partial charge in [0.2, 0.25) is 0 Å². The Morgan fingerprint density at radius 2 is 1.78 bits per heavy atom. The predicted octanol–water partition coefficient (Wildman–Crippen LogP) is 7.39. The van der Waals surface area contributed by atoms with Crippen LogP contribution in [0, 0.1) is 0 Å². The van der Waals surface area contributed by atoms with Crippen molar-refractivity contribution in [1.82, 2.24) is 14.9 Å². The second-order valence-electron chi connectivity index (χ2n) is 9.51. The van der Waals surface area contributed by atoms with Gasteiger partial charge in [-0.2, -0.15) is 0 Å². The molecule has 1 atom stereocenters. The molecule has 1 aromatic heterocycles.